The summed E-state index contributed by atoms with van der Waals surface area (Å²) in [6.07, 6.45) is 0.880. The molecule has 13 heteroatoms. The summed E-state index contributed by atoms with van der Waals surface area (Å²) in [5, 5.41) is 19.9. The van der Waals surface area contributed by atoms with Crippen molar-refractivity contribution in [2.24, 2.45) is 7.05 Å². The molecule has 3 aromatic rings. The molecule has 2 heterocycles. The molecule has 1 aliphatic rings. The topological polar surface area (TPSA) is 146 Å². The number of nitrogens with zero attached hydrogens (tertiary/aromatic N) is 4. The molecule has 0 radical (unpaired) electrons. The molecule has 0 bridgehead atoms. The fourth-order valence-corrected chi connectivity index (χ4v) is 3.78. The predicted octanol–water partition coefficient (Wildman–Crippen LogP) is 2.03. The van der Waals surface area contributed by atoms with E-state index in [-0.39, 0.29) is 28.3 Å². The summed E-state index contributed by atoms with van der Waals surface area (Å²) in [5.41, 5.74) is -1.88. The van der Waals surface area contributed by atoms with Gasteiger partial charge in [0.05, 0.1) is 5.56 Å². The second kappa shape index (κ2) is 8.14. The highest BCUT2D eigenvalue weighted by Crippen LogP contribution is 2.50. The number of aromatic nitrogens is 4. The molecule has 3 N–H and O–H groups in total. The number of halogens is 3. The molecule has 10 nitrogen and oxygen atoms in total. The van der Waals surface area contributed by atoms with Crippen molar-refractivity contribution in [3.63, 3.8) is 0 Å². The number of benzene rings is 1. The number of nitrogens with one attached hydrogen (secondary N) is 3. The second-order valence-electron chi connectivity index (χ2n) is 7.88. The van der Waals surface area contributed by atoms with Crippen LogP contribution in [0.3, 0.4) is 0 Å². The largest absolute Gasteiger partial charge is 0.346 e. The molecule has 0 atom stereocenters. The normalized spacial score (nSPS) is 15.6. The number of carbonyl (C=O) groups excluding carboxylic acids is 3. The number of nitriles is 1. The highest BCUT2D eigenvalue weighted by Gasteiger charge is 2.60. The highest BCUT2D eigenvalue weighted by molar-refractivity contribution is 6.43. The Hall–Kier alpha value is -4.47. The lowest BCUT2D eigenvalue weighted by atomic mass is 9.72. The number of aryl methyl sites for hydroxylation is 1. The standard InChI is InChI=1S/C21H16F3N7O3/c1-31-7-12(5-15(31)17(33)28-13-2-3-14(22)11(4-13)6-25)16(32)18(34)29-20(8-21(23,24)9-20)19-26-10-27-30-19/h2-5,7,10H,8-9H2,1H3,(H,28,33)(H,29,34)(H,26,27,30). The van der Waals surface area contributed by atoms with Crippen LogP contribution in [0.25, 0.3) is 0 Å². The van der Waals surface area contributed by atoms with Gasteiger partial charge in [-0.15, -0.1) is 0 Å². The first-order valence-electron chi connectivity index (χ1n) is 9.82. The van der Waals surface area contributed by atoms with Gasteiger partial charge < -0.3 is 15.2 Å². The third kappa shape index (κ3) is 4.13. The van der Waals surface area contributed by atoms with Gasteiger partial charge in [-0.2, -0.15) is 10.4 Å². The molecule has 1 fully saturated rings. The van der Waals surface area contributed by atoms with Crippen LogP contribution in [-0.2, 0) is 17.4 Å². The fraction of sp³-hybridized carbons (Fsp3) is 0.238. The Morgan fingerprint density at radius 2 is 1.97 bits per heavy atom. The fourth-order valence-electron chi connectivity index (χ4n) is 3.78. The zero-order valence-electron chi connectivity index (χ0n) is 17.5. The maximum Gasteiger partial charge on any atom is 0.293 e. The molecule has 0 unspecified atom stereocenters. The lowest BCUT2D eigenvalue weighted by Gasteiger charge is -2.45. The van der Waals surface area contributed by atoms with E-state index in [1.807, 2.05) is 0 Å². The molecular weight excluding hydrogens is 455 g/mol. The number of aromatic amines is 1. The maximum atomic E-state index is 13.6. The summed E-state index contributed by atoms with van der Waals surface area (Å²) >= 11 is 0. The lowest BCUT2D eigenvalue weighted by Crippen LogP contribution is -2.61. The number of Topliss-reactive ketones (excluding diaryl/α,β-unsaturated/α-hetero) is 1. The third-order valence-electron chi connectivity index (χ3n) is 5.37. The molecule has 0 spiro atoms. The van der Waals surface area contributed by atoms with Crippen molar-refractivity contribution in [1.29, 1.82) is 5.26 Å². The van der Waals surface area contributed by atoms with Crippen LogP contribution in [0.4, 0.5) is 18.9 Å². The minimum atomic E-state index is -3.04. The van der Waals surface area contributed by atoms with Gasteiger partial charge in [-0.25, -0.2) is 18.2 Å². The molecule has 1 aromatic carbocycles. The van der Waals surface area contributed by atoms with Crippen LogP contribution in [0.2, 0.25) is 0 Å². The average molecular weight is 471 g/mol. The average Bonchev–Trinajstić information content (AvgIpc) is 3.43. The zero-order chi connectivity index (χ0) is 24.7. The molecule has 2 aromatic heterocycles. The molecule has 174 valence electrons. The molecule has 2 amide bonds. The van der Waals surface area contributed by atoms with Gasteiger partial charge >= 0.3 is 0 Å². The van der Waals surface area contributed by atoms with Crippen LogP contribution in [0, 0.1) is 17.1 Å². The number of anilines is 1. The number of rotatable bonds is 6. The van der Waals surface area contributed by atoms with Crippen molar-refractivity contribution in [1.82, 2.24) is 25.1 Å². The first-order chi connectivity index (χ1) is 16.0. The molecular formula is C21H16F3N7O3. The van der Waals surface area contributed by atoms with Gasteiger partial charge in [0.15, 0.2) is 5.82 Å². The molecule has 0 aliphatic heterocycles. The summed E-state index contributed by atoms with van der Waals surface area (Å²) in [4.78, 5) is 41.7. The van der Waals surface area contributed by atoms with E-state index in [1.165, 1.54) is 30.2 Å². The second-order valence-corrected chi connectivity index (χ2v) is 7.88. The molecule has 1 saturated carbocycles. The van der Waals surface area contributed by atoms with Crippen LogP contribution in [0.5, 0.6) is 0 Å². The molecule has 4 rings (SSSR count). The molecule has 1 aliphatic carbocycles. The number of hydrogen-bond donors (Lipinski definition) is 3. The first kappa shape index (κ1) is 22.7. The van der Waals surface area contributed by atoms with Crippen molar-refractivity contribution < 1.29 is 27.6 Å². The van der Waals surface area contributed by atoms with Gasteiger partial charge in [0, 0.05) is 37.3 Å². The Labute approximate surface area is 189 Å². The Morgan fingerprint density at radius 1 is 1.24 bits per heavy atom. The van der Waals surface area contributed by atoms with E-state index in [1.54, 1.807) is 6.07 Å². The SMILES string of the molecule is Cn1cc(C(=O)C(=O)NC2(c3nc[nH]n3)CC(F)(F)C2)cc1C(=O)Nc1ccc(F)c(C#N)c1. The number of carbonyl (C=O) groups is 3. The van der Waals surface area contributed by atoms with Crippen LogP contribution >= 0.6 is 0 Å². The van der Waals surface area contributed by atoms with Gasteiger partial charge in [0.2, 0.25) is 0 Å². The van der Waals surface area contributed by atoms with Crippen LogP contribution < -0.4 is 10.6 Å². The van der Waals surface area contributed by atoms with E-state index in [0.717, 1.165) is 18.2 Å². The number of ketones is 1. The van der Waals surface area contributed by atoms with Crippen molar-refractivity contribution >= 4 is 23.3 Å². The molecule has 0 saturated heterocycles. The monoisotopic (exact) mass is 471 g/mol. The van der Waals surface area contributed by atoms with E-state index in [9.17, 15) is 27.6 Å². The minimum absolute atomic E-state index is 0.0159. The van der Waals surface area contributed by atoms with Crippen LogP contribution in [-0.4, -0.2) is 43.3 Å². The van der Waals surface area contributed by atoms with Gasteiger partial charge in [-0.1, -0.05) is 0 Å². The van der Waals surface area contributed by atoms with Crippen molar-refractivity contribution in [2.75, 3.05) is 5.32 Å². The van der Waals surface area contributed by atoms with Crippen molar-refractivity contribution in [2.45, 2.75) is 24.3 Å². The Kier molecular flexibility index (Phi) is 5.44. The summed E-state index contributed by atoms with van der Waals surface area (Å²) < 4.78 is 42.0. The number of H-pyrrole nitrogens is 1. The van der Waals surface area contributed by atoms with Gasteiger partial charge in [-0.3, -0.25) is 19.5 Å². The van der Waals surface area contributed by atoms with E-state index in [2.05, 4.69) is 25.8 Å². The smallest absolute Gasteiger partial charge is 0.293 e. The Balaban J connectivity index is 1.50. The maximum absolute atomic E-state index is 13.6. The highest BCUT2D eigenvalue weighted by atomic mass is 19.3. The minimum Gasteiger partial charge on any atom is -0.346 e. The predicted molar refractivity (Wildman–Crippen MR) is 109 cm³/mol. The number of alkyl halides is 2. The van der Waals surface area contributed by atoms with E-state index >= 15 is 0 Å². The van der Waals surface area contributed by atoms with E-state index < -0.39 is 47.7 Å². The molecule has 34 heavy (non-hydrogen) atoms. The summed E-state index contributed by atoms with van der Waals surface area (Å²) in [6, 6.07) is 6.23. The van der Waals surface area contributed by atoms with E-state index in [4.69, 9.17) is 5.26 Å². The first-order valence-corrected chi connectivity index (χ1v) is 9.82. The van der Waals surface area contributed by atoms with Crippen molar-refractivity contribution in [3.8, 4) is 6.07 Å². The zero-order valence-corrected chi connectivity index (χ0v) is 17.5. The third-order valence-corrected chi connectivity index (χ3v) is 5.37. The number of amides is 2. The van der Waals surface area contributed by atoms with Crippen molar-refractivity contribution in [3.05, 3.63) is 65.3 Å². The van der Waals surface area contributed by atoms with Crippen LogP contribution in [0.15, 0.2) is 36.8 Å². The van der Waals surface area contributed by atoms with Gasteiger partial charge in [0.1, 0.15) is 29.4 Å². The Morgan fingerprint density at radius 3 is 2.59 bits per heavy atom. The summed E-state index contributed by atoms with van der Waals surface area (Å²) in [6.45, 7) is 0. The quantitative estimate of drug-likeness (QED) is 0.371. The summed E-state index contributed by atoms with van der Waals surface area (Å²) in [7, 11) is 1.45. The lowest BCUT2D eigenvalue weighted by molar-refractivity contribution is -0.149. The Bertz CT molecular complexity index is 1330. The summed E-state index contributed by atoms with van der Waals surface area (Å²) in [5.74, 6) is -6.74. The number of hydrogen-bond acceptors (Lipinski definition) is 6. The van der Waals surface area contributed by atoms with Gasteiger partial charge in [-0.05, 0) is 24.3 Å². The van der Waals surface area contributed by atoms with E-state index in [0.29, 0.717) is 0 Å². The van der Waals surface area contributed by atoms with Gasteiger partial charge in [0.25, 0.3) is 23.5 Å². The van der Waals surface area contributed by atoms with Crippen LogP contribution in [0.1, 0.15) is 45.1 Å².